The zero-order valence-corrected chi connectivity index (χ0v) is 16.9. The Morgan fingerprint density at radius 3 is 2.64 bits per heavy atom. The van der Waals surface area contributed by atoms with Crippen molar-refractivity contribution in [2.45, 2.75) is 83.1 Å². The van der Waals surface area contributed by atoms with E-state index < -0.39 is 66.5 Å². The van der Waals surface area contributed by atoms with E-state index in [4.69, 9.17) is 14.2 Å². The Morgan fingerprint density at radius 1 is 1.36 bits per heavy atom. The van der Waals surface area contributed by atoms with E-state index in [2.05, 4.69) is 0 Å². The number of aliphatic hydroxyl groups is 3. The van der Waals surface area contributed by atoms with Gasteiger partial charge in [-0.15, -0.1) is 0 Å². The molecule has 3 N–H and O–H groups in total. The number of carbonyl (C=O) groups excluding carboxylic acids is 2. The Kier molecular flexibility index (Phi) is 7.61. The topological polar surface area (TPSA) is 123 Å². The molecule has 2 aliphatic rings. The van der Waals surface area contributed by atoms with Gasteiger partial charge in [0, 0.05) is 12.0 Å². The maximum Gasteiger partial charge on any atom is 0.330 e. The minimum atomic E-state index is -1.46. The highest BCUT2D eigenvalue weighted by Gasteiger charge is 2.63. The zero-order valence-electron chi connectivity index (χ0n) is 16.9. The van der Waals surface area contributed by atoms with Crippen LogP contribution in [0, 0.1) is 11.8 Å². The van der Waals surface area contributed by atoms with Gasteiger partial charge >= 0.3 is 11.9 Å². The number of fused-ring (bicyclic) bond motifs is 1. The molecule has 0 aromatic rings. The molecule has 2 saturated heterocycles. The fourth-order valence-electron chi connectivity index (χ4n) is 4.05. The molecule has 0 bridgehead atoms. The first-order chi connectivity index (χ1) is 13.2. The van der Waals surface area contributed by atoms with Gasteiger partial charge in [-0.1, -0.05) is 26.7 Å². The monoisotopic (exact) mass is 400 g/mol. The number of aliphatic hydroxyl groups excluding tert-OH is 3. The van der Waals surface area contributed by atoms with Crippen LogP contribution >= 0.6 is 0 Å². The normalized spacial score (nSPS) is 39.3. The summed E-state index contributed by atoms with van der Waals surface area (Å²) in [5, 5.41) is 30.3. The van der Waals surface area contributed by atoms with Gasteiger partial charge in [0.05, 0.1) is 24.7 Å². The summed E-state index contributed by atoms with van der Waals surface area (Å²) < 4.78 is 16.8. The van der Waals surface area contributed by atoms with E-state index in [1.54, 1.807) is 13.8 Å². The lowest BCUT2D eigenvalue weighted by Crippen LogP contribution is -2.72. The minimum Gasteiger partial charge on any atom is -0.458 e. The third kappa shape index (κ3) is 4.40. The van der Waals surface area contributed by atoms with Crippen molar-refractivity contribution in [2.24, 2.45) is 11.8 Å². The summed E-state index contributed by atoms with van der Waals surface area (Å²) in [6, 6.07) is 0. The SMILES string of the molecule is CCCC[C@H](O)/C=C/C(=O)O[C@@H]1[C@@H](C)[C@@H]2OC(=O)[C@H](C)[C@H](O)[C@@]2(CO)O[C@H]1C. The van der Waals surface area contributed by atoms with Gasteiger partial charge in [0.1, 0.15) is 18.3 Å². The summed E-state index contributed by atoms with van der Waals surface area (Å²) in [5.74, 6) is -2.58. The van der Waals surface area contributed by atoms with Crippen molar-refractivity contribution in [1.29, 1.82) is 0 Å². The average Bonchev–Trinajstić information content (AvgIpc) is 2.67. The van der Waals surface area contributed by atoms with E-state index in [1.807, 2.05) is 6.92 Å². The second-order valence-corrected chi connectivity index (χ2v) is 7.86. The lowest BCUT2D eigenvalue weighted by atomic mass is 9.72. The highest BCUT2D eigenvalue weighted by Crippen LogP contribution is 2.44. The Labute approximate surface area is 165 Å². The van der Waals surface area contributed by atoms with E-state index in [-0.39, 0.29) is 0 Å². The van der Waals surface area contributed by atoms with Gasteiger partial charge in [0.2, 0.25) is 0 Å². The van der Waals surface area contributed by atoms with Crippen LogP contribution in [0.3, 0.4) is 0 Å². The summed E-state index contributed by atoms with van der Waals surface area (Å²) in [4.78, 5) is 24.3. The number of carbonyl (C=O) groups is 2. The predicted molar refractivity (Wildman–Crippen MR) is 99.1 cm³/mol. The van der Waals surface area contributed by atoms with Crippen LogP contribution in [0.15, 0.2) is 12.2 Å². The molecule has 8 atom stereocenters. The summed E-state index contributed by atoms with van der Waals surface area (Å²) in [6.45, 7) is 6.39. The second-order valence-electron chi connectivity index (χ2n) is 7.86. The third-order valence-electron chi connectivity index (χ3n) is 5.74. The maximum absolute atomic E-state index is 12.2. The molecule has 0 radical (unpaired) electrons. The molecule has 0 unspecified atom stereocenters. The average molecular weight is 400 g/mol. The first kappa shape index (κ1) is 22.8. The number of esters is 2. The van der Waals surface area contributed by atoms with Gasteiger partial charge in [0.25, 0.3) is 0 Å². The molecule has 8 nitrogen and oxygen atoms in total. The second kappa shape index (κ2) is 9.35. The molecule has 2 heterocycles. The first-order valence-corrected chi connectivity index (χ1v) is 9.92. The van der Waals surface area contributed by atoms with Crippen LogP contribution in [0.4, 0.5) is 0 Å². The van der Waals surface area contributed by atoms with E-state index in [0.29, 0.717) is 6.42 Å². The summed E-state index contributed by atoms with van der Waals surface area (Å²) in [5.41, 5.74) is -1.46. The molecule has 2 fully saturated rings. The minimum absolute atomic E-state index is 0.510. The molecule has 0 spiro atoms. The van der Waals surface area contributed by atoms with Crippen LogP contribution in [0.1, 0.15) is 47.0 Å². The molecule has 160 valence electrons. The third-order valence-corrected chi connectivity index (χ3v) is 5.74. The van der Waals surface area contributed by atoms with Crippen molar-refractivity contribution < 1.29 is 39.1 Å². The van der Waals surface area contributed by atoms with Crippen molar-refractivity contribution in [3.8, 4) is 0 Å². The molecule has 8 heteroatoms. The van der Waals surface area contributed by atoms with Gasteiger partial charge in [-0.3, -0.25) is 4.79 Å². The van der Waals surface area contributed by atoms with Crippen LogP contribution in [0.2, 0.25) is 0 Å². The Hall–Kier alpha value is -1.48. The predicted octanol–water partition coefficient (Wildman–Crippen LogP) is 0.714. The van der Waals surface area contributed by atoms with Gasteiger partial charge in [-0.25, -0.2) is 4.79 Å². The van der Waals surface area contributed by atoms with Crippen molar-refractivity contribution >= 4 is 11.9 Å². The Morgan fingerprint density at radius 2 is 2.04 bits per heavy atom. The van der Waals surface area contributed by atoms with E-state index in [1.165, 1.54) is 19.1 Å². The van der Waals surface area contributed by atoms with Crippen LogP contribution in [-0.4, -0.2) is 70.0 Å². The van der Waals surface area contributed by atoms with Crippen LogP contribution in [-0.2, 0) is 23.8 Å². The molecule has 0 saturated carbocycles. The molecular formula is C20H32O8. The fourth-order valence-corrected chi connectivity index (χ4v) is 4.05. The van der Waals surface area contributed by atoms with Gasteiger partial charge < -0.3 is 29.5 Å². The summed E-state index contributed by atoms with van der Waals surface area (Å²) >= 11 is 0. The smallest absolute Gasteiger partial charge is 0.330 e. The zero-order chi connectivity index (χ0) is 21.1. The number of unbranched alkanes of at least 4 members (excludes halogenated alkanes) is 1. The van der Waals surface area contributed by atoms with Crippen molar-refractivity contribution in [3.63, 3.8) is 0 Å². The van der Waals surface area contributed by atoms with Crippen LogP contribution in [0.25, 0.3) is 0 Å². The quantitative estimate of drug-likeness (QED) is 0.422. The molecule has 0 amide bonds. The molecule has 0 aromatic carbocycles. The van der Waals surface area contributed by atoms with Gasteiger partial charge in [-0.2, -0.15) is 0 Å². The summed E-state index contributed by atoms with van der Waals surface area (Å²) in [7, 11) is 0. The molecule has 2 rings (SSSR count). The van der Waals surface area contributed by atoms with Gasteiger partial charge in [-0.05, 0) is 26.3 Å². The molecular weight excluding hydrogens is 368 g/mol. The van der Waals surface area contributed by atoms with E-state index in [0.717, 1.165) is 12.8 Å². The highest BCUT2D eigenvalue weighted by molar-refractivity contribution is 5.82. The Balaban J connectivity index is 2.11. The molecule has 2 aliphatic heterocycles. The standard InChI is InChI=1S/C20H32O8/c1-5-6-7-14(22)8-9-15(23)26-16-11(2)18-20(10-21,28-13(16)4)17(24)12(3)19(25)27-18/h8-9,11-14,16-18,21-22,24H,5-7,10H2,1-4H3/b9-8+/t11-,12-,13+,14+,16-,17+,18+,20-/m1/s1. The Bertz CT molecular complexity index is 591. The number of rotatable bonds is 7. The number of hydrogen-bond acceptors (Lipinski definition) is 8. The largest absolute Gasteiger partial charge is 0.458 e. The lowest BCUT2D eigenvalue weighted by molar-refractivity contribution is -0.312. The van der Waals surface area contributed by atoms with E-state index in [9.17, 15) is 24.9 Å². The number of ether oxygens (including phenoxy) is 3. The van der Waals surface area contributed by atoms with Crippen molar-refractivity contribution in [3.05, 3.63) is 12.2 Å². The van der Waals surface area contributed by atoms with E-state index >= 15 is 0 Å². The highest BCUT2D eigenvalue weighted by atomic mass is 16.6. The summed E-state index contributed by atoms with van der Waals surface area (Å²) in [6.07, 6.45) is 0.627. The maximum atomic E-state index is 12.2. The van der Waals surface area contributed by atoms with Crippen molar-refractivity contribution in [2.75, 3.05) is 6.61 Å². The van der Waals surface area contributed by atoms with Gasteiger partial charge in [0.15, 0.2) is 5.60 Å². The fraction of sp³-hybridized carbons (Fsp3) is 0.800. The number of hydrogen-bond donors (Lipinski definition) is 3. The molecule has 0 aliphatic carbocycles. The van der Waals surface area contributed by atoms with Crippen molar-refractivity contribution in [1.82, 2.24) is 0 Å². The molecule has 28 heavy (non-hydrogen) atoms. The lowest BCUT2D eigenvalue weighted by Gasteiger charge is -2.55. The van der Waals surface area contributed by atoms with Crippen LogP contribution < -0.4 is 0 Å². The molecule has 0 aromatic heterocycles. The van der Waals surface area contributed by atoms with Crippen LogP contribution in [0.5, 0.6) is 0 Å². The first-order valence-electron chi connectivity index (χ1n) is 9.92.